The monoisotopic (exact) mass is 377 g/mol. The Kier molecular flexibility index (Phi) is 6.09. The van der Waals surface area contributed by atoms with Crippen molar-refractivity contribution in [1.82, 2.24) is 9.73 Å². The second-order valence-electron chi connectivity index (χ2n) is 7.29. The number of piperidine rings is 1. The zero-order valence-electron chi connectivity index (χ0n) is 15.3. The van der Waals surface area contributed by atoms with Gasteiger partial charge in [-0.15, -0.1) is 0 Å². The minimum atomic E-state index is -3.54. The van der Waals surface area contributed by atoms with Crippen LogP contribution in [-0.4, -0.2) is 37.4 Å². The van der Waals surface area contributed by atoms with Crippen molar-refractivity contribution < 1.29 is 13.2 Å². The molecule has 26 heavy (non-hydrogen) atoms. The zero-order valence-corrected chi connectivity index (χ0v) is 16.1. The Morgan fingerprint density at radius 3 is 2.54 bits per heavy atom. The van der Waals surface area contributed by atoms with E-state index in [2.05, 4.69) is 17.5 Å². The van der Waals surface area contributed by atoms with Gasteiger partial charge in [-0.2, -0.15) is 9.41 Å². The number of hydrogen-bond acceptors (Lipinski definition) is 4. The number of carbonyl (C=O) groups excluding carboxylic acids is 1. The molecule has 1 heterocycles. The van der Waals surface area contributed by atoms with E-state index in [9.17, 15) is 13.2 Å². The number of hydrogen-bond donors (Lipinski definition) is 1. The van der Waals surface area contributed by atoms with Crippen molar-refractivity contribution in [3.8, 4) is 0 Å². The summed E-state index contributed by atoms with van der Waals surface area (Å²) in [6.07, 6.45) is 6.84. The van der Waals surface area contributed by atoms with Gasteiger partial charge in [-0.1, -0.05) is 19.4 Å². The molecule has 0 atom stereocenters. The van der Waals surface area contributed by atoms with Crippen LogP contribution in [0.3, 0.4) is 0 Å². The predicted octanol–water partition coefficient (Wildman–Crippen LogP) is 3.16. The highest BCUT2D eigenvalue weighted by Crippen LogP contribution is 2.22. The molecule has 0 bridgehead atoms. The highest BCUT2D eigenvalue weighted by molar-refractivity contribution is 7.89. The zero-order chi connectivity index (χ0) is 18.6. The molecular weight excluding hydrogens is 350 g/mol. The number of rotatable bonds is 4. The first-order valence-electron chi connectivity index (χ1n) is 9.43. The summed E-state index contributed by atoms with van der Waals surface area (Å²) in [5.41, 5.74) is 3.91. The van der Waals surface area contributed by atoms with E-state index in [-0.39, 0.29) is 10.8 Å². The molecule has 3 rings (SSSR count). The van der Waals surface area contributed by atoms with Crippen LogP contribution in [0.5, 0.6) is 0 Å². The SMILES string of the molecule is CC1CCC(=NNC(=O)c2cccc(S(=O)(=O)N3CCCCC3)c2)CC1. The summed E-state index contributed by atoms with van der Waals surface area (Å²) in [5.74, 6) is 0.341. The molecule has 0 unspecified atom stereocenters. The number of nitrogens with zero attached hydrogens (tertiary/aromatic N) is 2. The summed E-state index contributed by atoms with van der Waals surface area (Å²) < 4.78 is 27.0. The Hall–Kier alpha value is -1.73. The molecule has 7 heteroatoms. The molecule has 1 amide bonds. The average Bonchev–Trinajstić information content (AvgIpc) is 2.68. The van der Waals surface area contributed by atoms with Gasteiger partial charge in [0.1, 0.15) is 0 Å². The predicted molar refractivity (Wildman–Crippen MR) is 102 cm³/mol. The van der Waals surface area contributed by atoms with Crippen LogP contribution in [0.15, 0.2) is 34.3 Å². The fourth-order valence-corrected chi connectivity index (χ4v) is 5.02. The minimum Gasteiger partial charge on any atom is -0.267 e. The third-order valence-electron chi connectivity index (χ3n) is 5.22. The van der Waals surface area contributed by atoms with Crippen molar-refractivity contribution in [2.45, 2.75) is 56.8 Å². The van der Waals surface area contributed by atoms with Crippen LogP contribution in [0.25, 0.3) is 0 Å². The number of hydrazone groups is 1. The fraction of sp³-hybridized carbons (Fsp3) is 0.579. The molecule has 2 aliphatic rings. The van der Waals surface area contributed by atoms with Crippen LogP contribution in [0.4, 0.5) is 0 Å². The topological polar surface area (TPSA) is 78.8 Å². The Bertz CT molecular complexity index is 773. The summed E-state index contributed by atoms with van der Waals surface area (Å²) in [7, 11) is -3.54. The van der Waals surface area contributed by atoms with Gasteiger partial charge in [-0.25, -0.2) is 13.8 Å². The third kappa shape index (κ3) is 4.51. The second-order valence-corrected chi connectivity index (χ2v) is 9.23. The molecule has 1 N–H and O–H groups in total. The molecule has 142 valence electrons. The molecule has 0 aromatic heterocycles. The van der Waals surface area contributed by atoms with Gasteiger partial charge in [-0.3, -0.25) is 4.79 Å². The van der Waals surface area contributed by atoms with Crippen LogP contribution in [-0.2, 0) is 10.0 Å². The number of amides is 1. The number of carbonyl (C=O) groups is 1. The van der Waals surface area contributed by atoms with E-state index in [1.165, 1.54) is 10.4 Å². The molecule has 0 radical (unpaired) electrons. The Morgan fingerprint density at radius 2 is 1.85 bits per heavy atom. The van der Waals surface area contributed by atoms with Gasteiger partial charge in [0.2, 0.25) is 10.0 Å². The molecule has 1 aliphatic heterocycles. The third-order valence-corrected chi connectivity index (χ3v) is 7.11. The second kappa shape index (κ2) is 8.31. The van der Waals surface area contributed by atoms with Gasteiger partial charge in [0, 0.05) is 24.4 Å². The molecule has 6 nitrogen and oxygen atoms in total. The Morgan fingerprint density at radius 1 is 1.15 bits per heavy atom. The molecule has 1 saturated carbocycles. The van der Waals surface area contributed by atoms with Gasteiger partial charge in [-0.05, 0) is 62.6 Å². The summed E-state index contributed by atoms with van der Waals surface area (Å²) in [4.78, 5) is 12.6. The first-order valence-corrected chi connectivity index (χ1v) is 10.9. The maximum absolute atomic E-state index is 12.8. The minimum absolute atomic E-state index is 0.172. The molecule has 1 aromatic rings. The quantitative estimate of drug-likeness (QED) is 0.819. The smallest absolute Gasteiger partial charge is 0.267 e. The standard InChI is InChI=1S/C19H27N3O3S/c1-15-8-10-17(11-9-15)20-21-19(23)16-6-5-7-18(14-16)26(24,25)22-12-3-2-4-13-22/h5-7,14-15H,2-4,8-13H2,1H3,(H,21,23). The summed E-state index contributed by atoms with van der Waals surface area (Å²) in [6.45, 7) is 3.32. The molecule has 0 spiro atoms. The highest BCUT2D eigenvalue weighted by atomic mass is 32.2. The summed E-state index contributed by atoms with van der Waals surface area (Å²) >= 11 is 0. The number of sulfonamides is 1. The van der Waals surface area contributed by atoms with Crippen LogP contribution >= 0.6 is 0 Å². The van der Waals surface area contributed by atoms with E-state index in [1.807, 2.05) is 0 Å². The molecule has 1 aromatic carbocycles. The van der Waals surface area contributed by atoms with Crippen LogP contribution in [0.1, 0.15) is 62.2 Å². The lowest BCUT2D eigenvalue weighted by Crippen LogP contribution is -2.35. The largest absolute Gasteiger partial charge is 0.271 e. The van der Waals surface area contributed by atoms with Crippen LogP contribution in [0, 0.1) is 5.92 Å². The van der Waals surface area contributed by atoms with Crippen molar-refractivity contribution >= 4 is 21.6 Å². The van der Waals surface area contributed by atoms with Gasteiger partial charge in [0.25, 0.3) is 5.91 Å². The first kappa shape index (κ1) is 19.0. The van der Waals surface area contributed by atoms with Gasteiger partial charge in [0.05, 0.1) is 4.90 Å². The average molecular weight is 378 g/mol. The summed E-state index contributed by atoms with van der Waals surface area (Å²) in [6, 6.07) is 6.23. The van der Waals surface area contributed by atoms with Crippen molar-refractivity contribution in [2.75, 3.05) is 13.1 Å². The molecular formula is C19H27N3O3S. The summed E-state index contributed by atoms with van der Waals surface area (Å²) in [5, 5.41) is 4.23. The van der Waals surface area contributed by atoms with Crippen LogP contribution < -0.4 is 5.43 Å². The highest BCUT2D eigenvalue weighted by Gasteiger charge is 2.26. The van der Waals surface area contributed by atoms with Crippen LogP contribution in [0.2, 0.25) is 0 Å². The molecule has 2 fully saturated rings. The molecule has 1 saturated heterocycles. The lowest BCUT2D eigenvalue weighted by molar-refractivity contribution is 0.0954. The van der Waals surface area contributed by atoms with E-state index in [4.69, 9.17) is 0 Å². The number of nitrogens with one attached hydrogen (secondary N) is 1. The number of benzene rings is 1. The lowest BCUT2D eigenvalue weighted by Gasteiger charge is -2.26. The van der Waals surface area contributed by atoms with Crippen molar-refractivity contribution in [3.05, 3.63) is 29.8 Å². The molecule has 1 aliphatic carbocycles. The van der Waals surface area contributed by atoms with Gasteiger partial charge >= 0.3 is 0 Å². The van der Waals surface area contributed by atoms with Gasteiger partial charge in [0.15, 0.2) is 0 Å². The normalized spacial score (nSPS) is 22.0. The van der Waals surface area contributed by atoms with E-state index in [0.717, 1.165) is 50.7 Å². The maximum atomic E-state index is 12.8. The Balaban J connectivity index is 1.70. The maximum Gasteiger partial charge on any atom is 0.271 e. The van der Waals surface area contributed by atoms with E-state index < -0.39 is 10.0 Å². The Labute approximate surface area is 155 Å². The van der Waals surface area contributed by atoms with E-state index in [1.54, 1.807) is 18.2 Å². The van der Waals surface area contributed by atoms with E-state index in [0.29, 0.717) is 24.6 Å². The van der Waals surface area contributed by atoms with Gasteiger partial charge < -0.3 is 0 Å². The fourth-order valence-electron chi connectivity index (χ4n) is 3.45. The van der Waals surface area contributed by atoms with Crippen molar-refractivity contribution in [1.29, 1.82) is 0 Å². The lowest BCUT2D eigenvalue weighted by atomic mass is 9.90. The van der Waals surface area contributed by atoms with Crippen molar-refractivity contribution in [3.63, 3.8) is 0 Å². The first-order chi connectivity index (χ1) is 12.5. The van der Waals surface area contributed by atoms with E-state index >= 15 is 0 Å². The van der Waals surface area contributed by atoms with Crippen molar-refractivity contribution in [2.24, 2.45) is 11.0 Å².